The van der Waals surface area contributed by atoms with Crippen LogP contribution in [0.15, 0.2) is 29.4 Å². The lowest BCUT2D eigenvalue weighted by Crippen LogP contribution is -2.37. The predicted molar refractivity (Wildman–Crippen MR) is 74.2 cm³/mol. The standard InChI is InChI=1S/C14H21N3O/c1-14(2)7-9-17(10-8-14)12-5-3-11(4-6-12)13(15)16-18/h3-6,18H,7-10H2,1-2H3,(H2,15,16). The van der Waals surface area contributed by atoms with Crippen LogP contribution in [0.2, 0.25) is 0 Å². The maximum atomic E-state index is 8.62. The average molecular weight is 247 g/mol. The van der Waals surface area contributed by atoms with Gasteiger partial charge in [0.15, 0.2) is 5.84 Å². The van der Waals surface area contributed by atoms with Gasteiger partial charge in [-0.25, -0.2) is 0 Å². The van der Waals surface area contributed by atoms with Gasteiger partial charge in [0.05, 0.1) is 0 Å². The van der Waals surface area contributed by atoms with E-state index in [0.717, 1.165) is 18.7 Å². The summed E-state index contributed by atoms with van der Waals surface area (Å²) in [7, 11) is 0. The molecule has 1 heterocycles. The van der Waals surface area contributed by atoms with E-state index in [1.807, 2.05) is 24.3 Å². The van der Waals surface area contributed by atoms with Crippen LogP contribution in [-0.2, 0) is 0 Å². The zero-order chi connectivity index (χ0) is 13.2. The summed E-state index contributed by atoms with van der Waals surface area (Å²) in [4.78, 5) is 2.39. The predicted octanol–water partition coefficient (Wildman–Crippen LogP) is 2.41. The van der Waals surface area contributed by atoms with Gasteiger partial charge in [-0.15, -0.1) is 0 Å². The van der Waals surface area contributed by atoms with Crippen LogP contribution in [0.1, 0.15) is 32.3 Å². The van der Waals surface area contributed by atoms with Gasteiger partial charge in [0.2, 0.25) is 0 Å². The first-order chi connectivity index (χ1) is 8.52. The maximum absolute atomic E-state index is 8.62. The van der Waals surface area contributed by atoms with Crippen molar-refractivity contribution < 1.29 is 5.21 Å². The minimum Gasteiger partial charge on any atom is -0.409 e. The van der Waals surface area contributed by atoms with Crippen LogP contribution in [0.5, 0.6) is 0 Å². The minimum absolute atomic E-state index is 0.154. The Morgan fingerprint density at radius 3 is 2.28 bits per heavy atom. The van der Waals surface area contributed by atoms with Crippen molar-refractivity contribution >= 4 is 11.5 Å². The molecule has 2 rings (SSSR count). The Balaban J connectivity index is 2.07. The van der Waals surface area contributed by atoms with Crippen molar-refractivity contribution in [3.63, 3.8) is 0 Å². The highest BCUT2D eigenvalue weighted by Crippen LogP contribution is 2.32. The summed E-state index contributed by atoms with van der Waals surface area (Å²) in [6, 6.07) is 7.85. The van der Waals surface area contributed by atoms with Gasteiger partial charge in [-0.05, 0) is 42.5 Å². The highest BCUT2D eigenvalue weighted by molar-refractivity contribution is 5.97. The van der Waals surface area contributed by atoms with Crippen molar-refractivity contribution in [3.05, 3.63) is 29.8 Å². The molecule has 0 aliphatic carbocycles. The summed E-state index contributed by atoms with van der Waals surface area (Å²) < 4.78 is 0. The molecule has 1 aromatic carbocycles. The van der Waals surface area contributed by atoms with Gasteiger partial charge < -0.3 is 15.8 Å². The number of amidine groups is 1. The van der Waals surface area contributed by atoms with E-state index in [2.05, 4.69) is 23.9 Å². The molecule has 0 unspecified atom stereocenters. The summed E-state index contributed by atoms with van der Waals surface area (Å²) in [5.41, 5.74) is 7.96. The first-order valence-electron chi connectivity index (χ1n) is 6.35. The summed E-state index contributed by atoms with van der Waals surface area (Å²) >= 11 is 0. The number of oxime groups is 1. The number of rotatable bonds is 2. The van der Waals surface area contributed by atoms with Crippen LogP contribution in [0.3, 0.4) is 0 Å². The molecule has 0 radical (unpaired) electrons. The third-order valence-electron chi connectivity index (χ3n) is 3.75. The quantitative estimate of drug-likeness (QED) is 0.365. The number of nitrogens with zero attached hydrogens (tertiary/aromatic N) is 2. The van der Waals surface area contributed by atoms with Crippen molar-refractivity contribution in [2.75, 3.05) is 18.0 Å². The van der Waals surface area contributed by atoms with E-state index in [1.54, 1.807) is 0 Å². The molecular formula is C14H21N3O. The van der Waals surface area contributed by atoms with E-state index >= 15 is 0 Å². The largest absolute Gasteiger partial charge is 0.409 e. The van der Waals surface area contributed by atoms with Crippen molar-refractivity contribution in [2.24, 2.45) is 16.3 Å². The fraction of sp³-hybridized carbons (Fsp3) is 0.500. The monoisotopic (exact) mass is 247 g/mol. The van der Waals surface area contributed by atoms with Crippen LogP contribution in [0, 0.1) is 5.41 Å². The van der Waals surface area contributed by atoms with Crippen LogP contribution in [-0.4, -0.2) is 24.1 Å². The van der Waals surface area contributed by atoms with E-state index in [9.17, 15) is 0 Å². The summed E-state index contributed by atoms with van der Waals surface area (Å²) in [6.45, 7) is 6.84. The molecule has 4 heteroatoms. The third-order valence-corrected chi connectivity index (χ3v) is 3.75. The number of hydrogen-bond donors (Lipinski definition) is 2. The molecular weight excluding hydrogens is 226 g/mol. The molecule has 1 aliphatic rings. The van der Waals surface area contributed by atoms with Crippen LogP contribution in [0.4, 0.5) is 5.69 Å². The molecule has 3 N–H and O–H groups in total. The van der Waals surface area contributed by atoms with E-state index in [4.69, 9.17) is 10.9 Å². The molecule has 1 fully saturated rings. The Bertz CT molecular complexity index is 427. The zero-order valence-electron chi connectivity index (χ0n) is 11.1. The molecule has 0 aromatic heterocycles. The number of benzene rings is 1. The Hall–Kier alpha value is -1.71. The second-order valence-electron chi connectivity index (χ2n) is 5.68. The van der Waals surface area contributed by atoms with E-state index < -0.39 is 0 Å². The number of anilines is 1. The topological polar surface area (TPSA) is 61.8 Å². The Labute approximate surface area is 108 Å². The molecule has 0 bridgehead atoms. The van der Waals surface area contributed by atoms with Crippen LogP contribution >= 0.6 is 0 Å². The van der Waals surface area contributed by atoms with Crippen LogP contribution in [0.25, 0.3) is 0 Å². The highest BCUT2D eigenvalue weighted by Gasteiger charge is 2.25. The van der Waals surface area contributed by atoms with Crippen LogP contribution < -0.4 is 10.6 Å². The number of hydrogen-bond acceptors (Lipinski definition) is 3. The highest BCUT2D eigenvalue weighted by atomic mass is 16.4. The van der Waals surface area contributed by atoms with Gasteiger partial charge in [-0.2, -0.15) is 0 Å². The molecule has 1 aromatic rings. The fourth-order valence-corrected chi connectivity index (χ4v) is 2.27. The van der Waals surface area contributed by atoms with Crippen molar-refractivity contribution in [3.8, 4) is 0 Å². The van der Waals surface area contributed by atoms with E-state index in [-0.39, 0.29) is 5.84 Å². The summed E-state index contributed by atoms with van der Waals surface area (Å²) in [5.74, 6) is 0.154. The van der Waals surface area contributed by atoms with Gasteiger partial charge in [0.1, 0.15) is 0 Å². The normalized spacial score (nSPS) is 19.9. The molecule has 4 nitrogen and oxygen atoms in total. The van der Waals surface area contributed by atoms with Gasteiger partial charge >= 0.3 is 0 Å². The first-order valence-corrected chi connectivity index (χ1v) is 6.35. The fourth-order valence-electron chi connectivity index (χ4n) is 2.27. The molecule has 0 spiro atoms. The molecule has 0 saturated carbocycles. The molecule has 0 amide bonds. The SMILES string of the molecule is CC1(C)CCN(c2ccc(C(N)=NO)cc2)CC1. The molecule has 1 saturated heterocycles. The van der Waals surface area contributed by atoms with Gasteiger partial charge in [-0.3, -0.25) is 0 Å². The smallest absolute Gasteiger partial charge is 0.170 e. The molecule has 18 heavy (non-hydrogen) atoms. The zero-order valence-corrected chi connectivity index (χ0v) is 11.1. The Kier molecular flexibility index (Phi) is 3.45. The second kappa shape index (κ2) is 4.88. The lowest BCUT2D eigenvalue weighted by molar-refractivity contribution is 0.280. The second-order valence-corrected chi connectivity index (χ2v) is 5.68. The van der Waals surface area contributed by atoms with Gasteiger partial charge in [0.25, 0.3) is 0 Å². The van der Waals surface area contributed by atoms with Crippen molar-refractivity contribution in [2.45, 2.75) is 26.7 Å². The first kappa shape index (κ1) is 12.7. The molecule has 0 atom stereocenters. The lowest BCUT2D eigenvalue weighted by Gasteiger charge is -2.38. The third kappa shape index (κ3) is 2.75. The average Bonchev–Trinajstić information content (AvgIpc) is 2.38. The number of piperidine rings is 1. The van der Waals surface area contributed by atoms with Crippen molar-refractivity contribution in [1.29, 1.82) is 0 Å². The van der Waals surface area contributed by atoms with E-state index in [0.29, 0.717) is 5.41 Å². The van der Waals surface area contributed by atoms with Crippen molar-refractivity contribution in [1.82, 2.24) is 0 Å². The minimum atomic E-state index is 0.154. The number of nitrogens with two attached hydrogens (primary N) is 1. The van der Waals surface area contributed by atoms with E-state index in [1.165, 1.54) is 18.5 Å². The molecule has 1 aliphatic heterocycles. The van der Waals surface area contributed by atoms with Gasteiger partial charge in [0, 0.05) is 24.3 Å². The van der Waals surface area contributed by atoms with Gasteiger partial charge in [-0.1, -0.05) is 19.0 Å². The summed E-state index contributed by atoms with van der Waals surface area (Å²) in [5, 5.41) is 11.6. The summed E-state index contributed by atoms with van der Waals surface area (Å²) in [6.07, 6.45) is 2.43. The lowest BCUT2D eigenvalue weighted by atomic mass is 9.82. The Morgan fingerprint density at radius 2 is 1.78 bits per heavy atom. The Morgan fingerprint density at radius 1 is 1.22 bits per heavy atom. The molecule has 98 valence electrons. The maximum Gasteiger partial charge on any atom is 0.170 e.